The minimum atomic E-state index is -0.269. The molecule has 156 valence electrons. The third-order valence-corrected chi connectivity index (χ3v) is 5.91. The molecule has 3 heterocycles. The minimum Gasteiger partial charge on any atom is -0.301 e. The Kier molecular flexibility index (Phi) is 4.34. The molecule has 31 heavy (non-hydrogen) atoms. The van der Waals surface area contributed by atoms with Gasteiger partial charge in [-0.3, -0.25) is 0 Å². The maximum atomic E-state index is 14.0. The first-order chi connectivity index (χ1) is 14.7. The lowest BCUT2D eigenvalue weighted by Crippen LogP contribution is -2.36. The number of fused-ring (bicyclic) bond motifs is 2. The highest BCUT2D eigenvalue weighted by molar-refractivity contribution is 5.79. The Balaban J connectivity index is 1.69. The standard InChI is InChI=1S/C26H24F2N3/c1-26(2,3)24-16-30-15-22(8-10-25(30)29-24)31(17-18-5-4-6-20(27)13-18)12-11-19-14-21(28)7-9-23(19)31/h4-16H,17H2,1-3H3/q+1. The van der Waals surface area contributed by atoms with Gasteiger partial charge < -0.3 is 4.40 Å². The van der Waals surface area contributed by atoms with Gasteiger partial charge in [0.05, 0.1) is 11.9 Å². The van der Waals surface area contributed by atoms with E-state index in [0.29, 0.717) is 11.0 Å². The number of quaternary nitrogens is 1. The number of hydrogen-bond donors (Lipinski definition) is 0. The number of hydrogen-bond acceptors (Lipinski definition) is 1. The second kappa shape index (κ2) is 6.86. The molecule has 0 spiro atoms. The van der Waals surface area contributed by atoms with Crippen LogP contribution >= 0.6 is 0 Å². The number of nitrogens with zero attached hydrogens (tertiary/aromatic N) is 3. The zero-order chi connectivity index (χ0) is 21.8. The molecule has 3 nitrogen and oxygen atoms in total. The highest BCUT2D eigenvalue weighted by Gasteiger charge is 2.38. The zero-order valence-corrected chi connectivity index (χ0v) is 17.8. The molecule has 5 rings (SSSR count). The molecular weight excluding hydrogens is 392 g/mol. The molecule has 0 amide bonds. The molecule has 0 fully saturated rings. The summed E-state index contributed by atoms with van der Waals surface area (Å²) in [6.07, 6.45) is 8.12. The van der Waals surface area contributed by atoms with Gasteiger partial charge in [-0.1, -0.05) is 32.9 Å². The second-order valence-corrected chi connectivity index (χ2v) is 9.20. The van der Waals surface area contributed by atoms with Crippen molar-refractivity contribution in [1.82, 2.24) is 13.9 Å². The molecule has 4 aromatic rings. The van der Waals surface area contributed by atoms with E-state index in [2.05, 4.69) is 45.4 Å². The van der Waals surface area contributed by atoms with Gasteiger partial charge >= 0.3 is 0 Å². The summed E-state index contributed by atoms with van der Waals surface area (Å²) in [5, 5.41) is 0. The van der Waals surface area contributed by atoms with Gasteiger partial charge in [-0.05, 0) is 30.3 Å². The summed E-state index contributed by atoms with van der Waals surface area (Å²) in [4.78, 5) is 4.76. The van der Waals surface area contributed by atoms with Crippen molar-refractivity contribution in [3.8, 4) is 0 Å². The molecule has 2 aromatic heterocycles. The first-order valence-corrected chi connectivity index (χ1v) is 10.4. The predicted molar refractivity (Wildman–Crippen MR) is 121 cm³/mol. The van der Waals surface area contributed by atoms with Crippen LogP contribution in [0.4, 0.5) is 20.2 Å². The molecule has 0 radical (unpaired) electrons. The average Bonchev–Trinajstić information content (AvgIpc) is 3.29. The largest absolute Gasteiger partial charge is 0.301 e. The fraction of sp³-hybridized carbons (Fsp3) is 0.192. The lowest BCUT2D eigenvalue weighted by atomic mass is 9.93. The van der Waals surface area contributed by atoms with Crippen molar-refractivity contribution in [2.45, 2.75) is 32.7 Å². The van der Waals surface area contributed by atoms with E-state index >= 15 is 0 Å². The van der Waals surface area contributed by atoms with Gasteiger partial charge in [-0.2, -0.15) is 0 Å². The van der Waals surface area contributed by atoms with Crippen LogP contribution in [0.15, 0.2) is 73.2 Å². The van der Waals surface area contributed by atoms with Crippen molar-refractivity contribution in [2.24, 2.45) is 0 Å². The number of halogens is 2. The van der Waals surface area contributed by atoms with Crippen LogP contribution in [0.5, 0.6) is 0 Å². The third kappa shape index (κ3) is 3.35. The van der Waals surface area contributed by atoms with E-state index < -0.39 is 0 Å². The highest BCUT2D eigenvalue weighted by Crippen LogP contribution is 2.45. The fourth-order valence-electron chi connectivity index (χ4n) is 4.27. The lowest BCUT2D eigenvalue weighted by molar-refractivity contribution is 0.501. The SMILES string of the molecule is CC(C)(C)c1cn2cc([N+]3(Cc4cccc(F)c4)C=Cc4cc(F)ccc43)ccc2n1. The maximum absolute atomic E-state index is 14.0. The van der Waals surface area contributed by atoms with Gasteiger partial charge in [-0.15, -0.1) is 0 Å². The van der Waals surface area contributed by atoms with E-state index in [9.17, 15) is 8.78 Å². The van der Waals surface area contributed by atoms with Crippen molar-refractivity contribution in [3.63, 3.8) is 0 Å². The van der Waals surface area contributed by atoms with E-state index in [1.54, 1.807) is 18.2 Å². The fourth-order valence-corrected chi connectivity index (χ4v) is 4.27. The van der Waals surface area contributed by atoms with E-state index in [1.807, 2.05) is 28.7 Å². The van der Waals surface area contributed by atoms with Crippen LogP contribution in [0.3, 0.4) is 0 Å². The van der Waals surface area contributed by atoms with Gasteiger partial charge in [0.15, 0.2) is 11.4 Å². The zero-order valence-electron chi connectivity index (χ0n) is 17.8. The molecular formula is C26H24F2N3+. The number of aromatic nitrogens is 2. The summed E-state index contributed by atoms with van der Waals surface area (Å²) in [6, 6.07) is 15.6. The van der Waals surface area contributed by atoms with Crippen LogP contribution < -0.4 is 4.48 Å². The summed E-state index contributed by atoms with van der Waals surface area (Å²) < 4.78 is 30.3. The quantitative estimate of drug-likeness (QED) is 0.338. The third-order valence-electron chi connectivity index (χ3n) is 5.91. The maximum Gasteiger partial charge on any atom is 0.159 e. The first-order valence-electron chi connectivity index (χ1n) is 10.4. The average molecular weight is 416 g/mol. The highest BCUT2D eigenvalue weighted by atomic mass is 19.1. The van der Waals surface area contributed by atoms with E-state index in [-0.39, 0.29) is 17.0 Å². The van der Waals surface area contributed by atoms with Gasteiger partial charge in [-0.25, -0.2) is 18.2 Å². The van der Waals surface area contributed by atoms with Crippen LogP contribution in [0.25, 0.3) is 11.7 Å². The van der Waals surface area contributed by atoms with Crippen molar-refractivity contribution in [1.29, 1.82) is 0 Å². The van der Waals surface area contributed by atoms with Crippen molar-refractivity contribution < 1.29 is 8.78 Å². The smallest absolute Gasteiger partial charge is 0.159 e. The van der Waals surface area contributed by atoms with Crippen molar-refractivity contribution in [3.05, 3.63) is 102 Å². The molecule has 2 aromatic carbocycles. The van der Waals surface area contributed by atoms with Crippen LogP contribution in [0.1, 0.15) is 37.6 Å². The van der Waals surface area contributed by atoms with E-state index in [4.69, 9.17) is 4.98 Å². The number of benzene rings is 2. The normalized spacial score (nSPS) is 18.0. The Morgan fingerprint density at radius 3 is 2.52 bits per heavy atom. The molecule has 0 saturated heterocycles. The molecule has 1 unspecified atom stereocenters. The number of imidazole rings is 1. The first kappa shape index (κ1) is 19.6. The minimum absolute atomic E-state index is 0.0579. The number of pyridine rings is 1. The summed E-state index contributed by atoms with van der Waals surface area (Å²) >= 11 is 0. The Labute approximate surface area is 180 Å². The molecule has 5 heteroatoms. The Bertz CT molecular complexity index is 1330. The number of rotatable bonds is 3. The van der Waals surface area contributed by atoms with Gasteiger partial charge in [0, 0.05) is 40.9 Å². The monoisotopic (exact) mass is 416 g/mol. The Morgan fingerprint density at radius 2 is 1.74 bits per heavy atom. The summed E-state index contributed by atoms with van der Waals surface area (Å²) in [6.45, 7) is 6.93. The van der Waals surface area contributed by atoms with Crippen molar-refractivity contribution >= 4 is 23.1 Å². The van der Waals surface area contributed by atoms with Crippen molar-refractivity contribution in [2.75, 3.05) is 0 Å². The van der Waals surface area contributed by atoms with Gasteiger partial charge in [0.2, 0.25) is 0 Å². The predicted octanol–water partition coefficient (Wildman–Crippen LogP) is 6.73. The molecule has 1 atom stereocenters. The van der Waals surface area contributed by atoms with E-state index in [1.165, 1.54) is 12.1 Å². The Hall–Kier alpha value is -3.31. The second-order valence-electron chi connectivity index (χ2n) is 9.20. The molecule has 0 saturated carbocycles. The summed E-state index contributed by atoms with van der Waals surface area (Å²) in [5.41, 5.74) is 5.48. The van der Waals surface area contributed by atoms with Crippen LogP contribution in [0.2, 0.25) is 0 Å². The van der Waals surface area contributed by atoms with Gasteiger partial charge in [0.25, 0.3) is 0 Å². The van der Waals surface area contributed by atoms with Gasteiger partial charge in [0.1, 0.15) is 30.0 Å². The van der Waals surface area contributed by atoms with Crippen LogP contribution in [0, 0.1) is 11.6 Å². The topological polar surface area (TPSA) is 17.3 Å². The van der Waals surface area contributed by atoms with E-state index in [0.717, 1.165) is 33.8 Å². The summed E-state index contributed by atoms with van der Waals surface area (Å²) in [7, 11) is 0. The van der Waals surface area contributed by atoms with Crippen LogP contribution in [-0.4, -0.2) is 9.38 Å². The molecule has 0 aliphatic carbocycles. The van der Waals surface area contributed by atoms with Crippen LogP contribution in [-0.2, 0) is 12.0 Å². The molecule has 1 aliphatic rings. The Morgan fingerprint density at radius 1 is 0.935 bits per heavy atom. The molecule has 0 N–H and O–H groups in total. The molecule has 1 aliphatic heterocycles. The molecule has 0 bridgehead atoms. The summed E-state index contributed by atoms with van der Waals surface area (Å²) in [5.74, 6) is -0.535. The lowest BCUT2D eigenvalue weighted by Gasteiger charge is -2.32.